The second-order valence-corrected chi connectivity index (χ2v) is 4.51. The average molecular weight is 268 g/mol. The van der Waals surface area contributed by atoms with Gasteiger partial charge < -0.3 is 5.32 Å². The number of nitrogens with zero attached hydrogens (tertiary/aromatic N) is 1. The van der Waals surface area contributed by atoms with Crippen LogP contribution in [0.15, 0.2) is 36.4 Å². The van der Waals surface area contributed by atoms with Crippen LogP contribution in [0.25, 0.3) is 0 Å². The van der Waals surface area contributed by atoms with Crippen molar-refractivity contribution in [1.82, 2.24) is 0 Å². The molecule has 0 aliphatic heterocycles. The van der Waals surface area contributed by atoms with Gasteiger partial charge in [-0.1, -0.05) is 12.1 Å². The molecule has 0 radical (unpaired) electrons. The lowest BCUT2D eigenvalue weighted by atomic mass is 10.1. The second kappa shape index (κ2) is 5.54. The Labute approximate surface area is 116 Å². The smallest absolute Gasteiger partial charge is 0.258 e. The monoisotopic (exact) mass is 268 g/mol. The molecule has 100 valence electrons. The number of carbonyl (C=O) groups excluding carboxylic acids is 1. The van der Waals surface area contributed by atoms with Gasteiger partial charge in [-0.15, -0.1) is 0 Å². The molecule has 0 spiro atoms. The van der Waals surface area contributed by atoms with E-state index in [2.05, 4.69) is 5.32 Å². The Bertz CT molecular complexity index is 717. The quantitative estimate of drug-likeness (QED) is 0.905. The number of hydrogen-bond acceptors (Lipinski definition) is 2. The van der Waals surface area contributed by atoms with E-state index in [0.717, 1.165) is 17.2 Å². The zero-order chi connectivity index (χ0) is 14.7. The molecule has 20 heavy (non-hydrogen) atoms. The lowest BCUT2D eigenvalue weighted by Gasteiger charge is -2.10. The van der Waals surface area contributed by atoms with Crippen molar-refractivity contribution in [3.05, 3.63) is 64.5 Å². The molecule has 2 aromatic carbocycles. The molecule has 4 heteroatoms. The highest BCUT2D eigenvalue weighted by molar-refractivity contribution is 6.05. The van der Waals surface area contributed by atoms with Gasteiger partial charge in [0.15, 0.2) is 0 Å². The molecule has 0 heterocycles. The number of nitriles is 1. The van der Waals surface area contributed by atoms with Crippen molar-refractivity contribution in [2.24, 2.45) is 0 Å². The number of nitrogens with one attached hydrogen (secondary N) is 1. The van der Waals surface area contributed by atoms with E-state index in [1.807, 2.05) is 32.0 Å². The summed E-state index contributed by atoms with van der Waals surface area (Å²) in [7, 11) is 0. The van der Waals surface area contributed by atoms with Crippen molar-refractivity contribution >= 4 is 11.6 Å². The van der Waals surface area contributed by atoms with Crippen molar-refractivity contribution in [2.75, 3.05) is 5.32 Å². The average Bonchev–Trinajstić information content (AvgIpc) is 2.43. The van der Waals surface area contributed by atoms with E-state index in [9.17, 15) is 9.18 Å². The molecule has 1 N–H and O–H groups in total. The van der Waals surface area contributed by atoms with E-state index in [1.165, 1.54) is 12.1 Å². The molecule has 0 unspecified atom stereocenters. The van der Waals surface area contributed by atoms with Crippen molar-refractivity contribution in [2.45, 2.75) is 13.8 Å². The van der Waals surface area contributed by atoms with Gasteiger partial charge in [0.2, 0.25) is 0 Å². The Morgan fingerprint density at radius 2 is 2.00 bits per heavy atom. The molecule has 0 atom stereocenters. The van der Waals surface area contributed by atoms with Gasteiger partial charge in [-0.05, 0) is 49.2 Å². The highest BCUT2D eigenvalue weighted by atomic mass is 19.1. The topological polar surface area (TPSA) is 52.9 Å². The van der Waals surface area contributed by atoms with Gasteiger partial charge in [0, 0.05) is 5.69 Å². The van der Waals surface area contributed by atoms with Crippen LogP contribution in [-0.4, -0.2) is 5.91 Å². The SMILES string of the molecule is Cc1cccc(NC(=O)c2ccc(C#N)cc2F)c1C. The first-order valence-corrected chi connectivity index (χ1v) is 6.10. The van der Waals surface area contributed by atoms with Gasteiger partial charge in [0.1, 0.15) is 5.82 Å². The van der Waals surface area contributed by atoms with Gasteiger partial charge in [0.25, 0.3) is 5.91 Å². The maximum Gasteiger partial charge on any atom is 0.258 e. The van der Waals surface area contributed by atoms with Gasteiger partial charge in [-0.3, -0.25) is 4.79 Å². The van der Waals surface area contributed by atoms with Gasteiger partial charge in [-0.25, -0.2) is 4.39 Å². The van der Waals surface area contributed by atoms with Crippen molar-refractivity contribution in [3.8, 4) is 6.07 Å². The number of rotatable bonds is 2. The Morgan fingerprint density at radius 3 is 2.65 bits per heavy atom. The first kappa shape index (κ1) is 13.8. The fourth-order valence-corrected chi connectivity index (χ4v) is 1.84. The standard InChI is InChI=1S/C16H13FN2O/c1-10-4-3-5-15(11(10)2)19-16(20)13-7-6-12(9-18)8-14(13)17/h3-8H,1-2H3,(H,19,20). The summed E-state index contributed by atoms with van der Waals surface area (Å²) in [4.78, 5) is 12.1. The summed E-state index contributed by atoms with van der Waals surface area (Å²) < 4.78 is 13.8. The zero-order valence-electron chi connectivity index (χ0n) is 11.2. The fraction of sp³-hybridized carbons (Fsp3) is 0.125. The van der Waals surface area contributed by atoms with E-state index in [1.54, 1.807) is 6.07 Å². The summed E-state index contributed by atoms with van der Waals surface area (Å²) in [5.41, 5.74) is 2.74. The van der Waals surface area contributed by atoms with Gasteiger partial charge in [0.05, 0.1) is 17.2 Å². The minimum absolute atomic E-state index is 0.0788. The van der Waals surface area contributed by atoms with Crippen LogP contribution in [0.3, 0.4) is 0 Å². The molecular weight excluding hydrogens is 255 g/mol. The number of anilines is 1. The molecule has 1 amide bonds. The van der Waals surface area contributed by atoms with Crippen LogP contribution in [-0.2, 0) is 0 Å². The molecule has 0 saturated carbocycles. The maximum atomic E-state index is 13.8. The Kier molecular flexibility index (Phi) is 3.81. The number of amides is 1. The second-order valence-electron chi connectivity index (χ2n) is 4.51. The summed E-state index contributed by atoms with van der Waals surface area (Å²) in [6.07, 6.45) is 0. The lowest BCUT2D eigenvalue weighted by molar-refractivity contribution is 0.102. The minimum atomic E-state index is -0.702. The minimum Gasteiger partial charge on any atom is -0.322 e. The van der Waals surface area contributed by atoms with Gasteiger partial charge >= 0.3 is 0 Å². The third kappa shape index (κ3) is 2.67. The Balaban J connectivity index is 2.29. The predicted octanol–water partition coefficient (Wildman–Crippen LogP) is 3.57. The van der Waals surface area contributed by atoms with Crippen LogP contribution < -0.4 is 5.32 Å². The van der Waals surface area contributed by atoms with Crippen LogP contribution in [0.4, 0.5) is 10.1 Å². The third-order valence-electron chi connectivity index (χ3n) is 3.20. The molecule has 2 rings (SSSR count). The first-order chi connectivity index (χ1) is 9.52. The molecule has 0 aliphatic carbocycles. The Morgan fingerprint density at radius 1 is 1.25 bits per heavy atom. The van der Waals surface area contributed by atoms with Crippen molar-refractivity contribution in [3.63, 3.8) is 0 Å². The van der Waals surface area contributed by atoms with E-state index in [0.29, 0.717) is 5.69 Å². The fourth-order valence-electron chi connectivity index (χ4n) is 1.84. The van der Waals surface area contributed by atoms with Crippen LogP contribution in [0.1, 0.15) is 27.0 Å². The molecule has 0 aromatic heterocycles. The zero-order valence-corrected chi connectivity index (χ0v) is 11.2. The van der Waals surface area contributed by atoms with E-state index in [-0.39, 0.29) is 11.1 Å². The number of benzene rings is 2. The molecule has 3 nitrogen and oxygen atoms in total. The van der Waals surface area contributed by atoms with Crippen LogP contribution in [0.2, 0.25) is 0 Å². The van der Waals surface area contributed by atoms with Crippen molar-refractivity contribution in [1.29, 1.82) is 5.26 Å². The molecular formula is C16H13FN2O. The number of carbonyl (C=O) groups is 1. The summed E-state index contributed by atoms with van der Waals surface area (Å²) in [6.45, 7) is 3.83. The number of aryl methyl sites for hydroxylation is 1. The summed E-state index contributed by atoms with van der Waals surface area (Å²) in [6, 6.07) is 11.1. The van der Waals surface area contributed by atoms with Gasteiger partial charge in [-0.2, -0.15) is 5.26 Å². The highest BCUT2D eigenvalue weighted by Gasteiger charge is 2.13. The molecule has 0 bridgehead atoms. The highest BCUT2D eigenvalue weighted by Crippen LogP contribution is 2.19. The summed E-state index contributed by atoms with van der Waals surface area (Å²) in [5.74, 6) is -1.23. The van der Waals surface area contributed by atoms with Crippen LogP contribution >= 0.6 is 0 Å². The molecule has 0 fully saturated rings. The number of halogens is 1. The van der Waals surface area contributed by atoms with E-state index in [4.69, 9.17) is 5.26 Å². The third-order valence-corrected chi connectivity index (χ3v) is 3.20. The summed E-state index contributed by atoms with van der Waals surface area (Å²) in [5, 5.41) is 11.4. The molecule has 0 saturated heterocycles. The number of hydrogen-bond donors (Lipinski definition) is 1. The van der Waals surface area contributed by atoms with Crippen molar-refractivity contribution < 1.29 is 9.18 Å². The Hall–Kier alpha value is -2.67. The maximum absolute atomic E-state index is 13.8. The molecule has 2 aromatic rings. The molecule has 0 aliphatic rings. The lowest BCUT2D eigenvalue weighted by Crippen LogP contribution is -2.14. The van der Waals surface area contributed by atoms with E-state index >= 15 is 0 Å². The summed E-state index contributed by atoms with van der Waals surface area (Å²) >= 11 is 0. The predicted molar refractivity (Wildman–Crippen MR) is 75.0 cm³/mol. The first-order valence-electron chi connectivity index (χ1n) is 6.10. The normalized spacial score (nSPS) is 9.90. The largest absolute Gasteiger partial charge is 0.322 e. The van der Waals surface area contributed by atoms with Crippen LogP contribution in [0.5, 0.6) is 0 Å². The van der Waals surface area contributed by atoms with E-state index < -0.39 is 11.7 Å². The van der Waals surface area contributed by atoms with Crippen LogP contribution in [0, 0.1) is 31.0 Å².